The van der Waals surface area contributed by atoms with Gasteiger partial charge in [-0.25, -0.2) is 4.79 Å². The van der Waals surface area contributed by atoms with Crippen LogP contribution in [-0.4, -0.2) is 58.6 Å². The zero-order valence-electron chi connectivity index (χ0n) is 30.0. The highest BCUT2D eigenvalue weighted by atomic mass is 16.6. The van der Waals surface area contributed by atoms with E-state index in [-0.39, 0.29) is 23.6 Å². The Morgan fingerprint density at radius 3 is 2.13 bits per heavy atom. The number of rotatable bonds is 13. The molecule has 0 saturated carbocycles. The normalized spacial score (nSPS) is 20.4. The first-order valence-electron chi connectivity index (χ1n) is 16.3. The number of hydrogen-bond acceptors (Lipinski definition) is 6. The number of nitrogens with one attached hydrogen (secondary N) is 1. The number of aliphatic imine (C=N–C) groups is 2. The van der Waals surface area contributed by atoms with Gasteiger partial charge in [-0.3, -0.25) is 9.98 Å². The van der Waals surface area contributed by atoms with E-state index in [1.54, 1.807) is 12.4 Å². The quantitative estimate of drug-likeness (QED) is 0.127. The van der Waals surface area contributed by atoms with Crippen LogP contribution in [0, 0.1) is 5.41 Å². The van der Waals surface area contributed by atoms with Crippen molar-refractivity contribution >= 4 is 18.0 Å². The van der Waals surface area contributed by atoms with Crippen LogP contribution < -0.4 is 5.32 Å². The van der Waals surface area contributed by atoms with Gasteiger partial charge in [0, 0.05) is 60.8 Å². The Hall–Kier alpha value is -3.61. The van der Waals surface area contributed by atoms with E-state index >= 15 is 0 Å². The van der Waals surface area contributed by atoms with Crippen LogP contribution in [0.1, 0.15) is 102 Å². The molecule has 45 heavy (non-hydrogen) atoms. The summed E-state index contributed by atoms with van der Waals surface area (Å²) in [6, 6.07) is 0.112. The molecule has 2 rings (SSSR count). The molecule has 1 N–H and O–H groups in total. The zero-order valence-corrected chi connectivity index (χ0v) is 30.0. The molecule has 2 atom stereocenters. The molecule has 0 aromatic heterocycles. The number of amides is 1. The van der Waals surface area contributed by atoms with Crippen LogP contribution in [0.3, 0.4) is 0 Å². The van der Waals surface area contributed by atoms with Gasteiger partial charge in [-0.05, 0) is 104 Å². The van der Waals surface area contributed by atoms with Gasteiger partial charge in [0.1, 0.15) is 5.60 Å². The smallest absolute Gasteiger partial charge is 0.410 e. The van der Waals surface area contributed by atoms with Crippen molar-refractivity contribution in [1.82, 2.24) is 15.1 Å². The fraction of sp³-hybridized carbons (Fsp3) is 0.553. The summed E-state index contributed by atoms with van der Waals surface area (Å²) in [4.78, 5) is 26.8. The predicted molar refractivity (Wildman–Crippen MR) is 192 cm³/mol. The maximum absolute atomic E-state index is 13.0. The summed E-state index contributed by atoms with van der Waals surface area (Å²) in [5.41, 5.74) is 7.90. The number of carbonyl (C=O) groups excluding carboxylic acids is 1. The van der Waals surface area contributed by atoms with Crippen molar-refractivity contribution in [2.45, 2.75) is 120 Å². The second kappa shape index (κ2) is 16.1. The summed E-state index contributed by atoms with van der Waals surface area (Å²) < 4.78 is 5.73. The van der Waals surface area contributed by atoms with Gasteiger partial charge in [0.15, 0.2) is 0 Å². The Kier molecular flexibility index (Phi) is 13.4. The number of nitrogens with zero attached hydrogens (tertiary/aromatic N) is 4. The largest absolute Gasteiger partial charge is 0.444 e. The molecule has 1 saturated heterocycles. The van der Waals surface area contributed by atoms with Crippen LogP contribution in [0.5, 0.6) is 0 Å². The third-order valence-corrected chi connectivity index (χ3v) is 7.80. The first-order chi connectivity index (χ1) is 20.9. The molecule has 248 valence electrons. The topological polar surface area (TPSA) is 79.4 Å². The van der Waals surface area contributed by atoms with Crippen LogP contribution in [-0.2, 0) is 4.74 Å². The summed E-state index contributed by atoms with van der Waals surface area (Å²) >= 11 is 0. The van der Waals surface area contributed by atoms with Crippen molar-refractivity contribution in [3.8, 4) is 0 Å². The maximum Gasteiger partial charge on any atom is 0.410 e. The van der Waals surface area contributed by atoms with Crippen LogP contribution in [0.2, 0.25) is 0 Å². The van der Waals surface area contributed by atoms with Crippen LogP contribution >= 0.6 is 0 Å². The number of hydrogen-bond donors (Lipinski definition) is 1. The highest BCUT2D eigenvalue weighted by molar-refractivity contribution is 6.05. The molecule has 2 heterocycles. The van der Waals surface area contributed by atoms with Gasteiger partial charge < -0.3 is 19.9 Å². The summed E-state index contributed by atoms with van der Waals surface area (Å²) in [5, 5.41) is 3.13. The van der Waals surface area contributed by atoms with E-state index in [0.29, 0.717) is 13.1 Å². The Bertz CT molecular complexity index is 1310. The lowest BCUT2D eigenvalue weighted by Gasteiger charge is -2.46. The molecule has 0 aromatic carbocycles. The van der Waals surface area contributed by atoms with E-state index in [1.807, 2.05) is 38.8 Å². The maximum atomic E-state index is 13.0. The zero-order chi connectivity index (χ0) is 34.1. The predicted octanol–water partition coefficient (Wildman–Crippen LogP) is 9.26. The lowest BCUT2D eigenvalue weighted by Crippen LogP contribution is -2.58. The molecular formula is C38H59N5O2. The summed E-state index contributed by atoms with van der Waals surface area (Å²) in [7, 11) is 0. The van der Waals surface area contributed by atoms with Gasteiger partial charge in [0.2, 0.25) is 0 Å². The van der Waals surface area contributed by atoms with E-state index in [4.69, 9.17) is 9.73 Å². The highest BCUT2D eigenvalue weighted by Gasteiger charge is 2.36. The van der Waals surface area contributed by atoms with Crippen molar-refractivity contribution < 1.29 is 9.53 Å². The Balaban J connectivity index is 2.32. The fourth-order valence-corrected chi connectivity index (χ4v) is 5.65. The van der Waals surface area contributed by atoms with E-state index in [0.717, 1.165) is 53.9 Å². The van der Waals surface area contributed by atoms with E-state index in [1.165, 1.54) is 16.8 Å². The van der Waals surface area contributed by atoms with Crippen LogP contribution in [0.15, 0.2) is 93.7 Å². The molecule has 1 fully saturated rings. The summed E-state index contributed by atoms with van der Waals surface area (Å²) in [6.45, 7) is 36.5. The van der Waals surface area contributed by atoms with Crippen molar-refractivity contribution in [2.75, 3.05) is 13.1 Å². The minimum absolute atomic E-state index is 0.000950. The van der Waals surface area contributed by atoms with Crippen LogP contribution in [0.25, 0.3) is 0 Å². The lowest BCUT2D eigenvalue weighted by molar-refractivity contribution is -0.00420. The average Bonchev–Trinajstić information content (AvgIpc) is 3.76. The summed E-state index contributed by atoms with van der Waals surface area (Å²) in [5.74, 6) is 0. The third kappa shape index (κ3) is 11.7. The molecule has 0 aliphatic carbocycles. The van der Waals surface area contributed by atoms with Gasteiger partial charge in [-0.15, -0.1) is 0 Å². The SMILES string of the molecule is C=CN=C(CCCCC(=C)/C=C(\N=CC(=C)C)C1=CN1)C(/C(=C\C)C(C)(C)C)=C(\C)N1C[C@@H](C)N(C(=O)OC(C)(C)C)C[C@@H]1C. The Morgan fingerprint density at radius 2 is 1.62 bits per heavy atom. The lowest BCUT2D eigenvalue weighted by atomic mass is 9.78. The monoisotopic (exact) mass is 617 g/mol. The van der Waals surface area contributed by atoms with Gasteiger partial charge >= 0.3 is 6.09 Å². The molecule has 2 aliphatic rings. The van der Waals surface area contributed by atoms with E-state index < -0.39 is 5.60 Å². The van der Waals surface area contributed by atoms with Gasteiger partial charge in [-0.1, -0.05) is 52.2 Å². The molecule has 0 bridgehead atoms. The molecule has 0 radical (unpaired) electrons. The number of piperazine rings is 1. The molecule has 7 nitrogen and oxygen atoms in total. The molecule has 2 aliphatic heterocycles. The number of ether oxygens (including phenoxy) is 1. The summed E-state index contributed by atoms with van der Waals surface area (Å²) in [6.07, 6.45) is 13.0. The molecule has 0 spiro atoms. The van der Waals surface area contributed by atoms with Gasteiger partial charge in [0.05, 0.1) is 11.4 Å². The first kappa shape index (κ1) is 37.6. The average molecular weight is 618 g/mol. The minimum Gasteiger partial charge on any atom is -0.444 e. The molecule has 1 amide bonds. The molecule has 7 heteroatoms. The van der Waals surface area contributed by atoms with E-state index in [9.17, 15) is 4.79 Å². The van der Waals surface area contributed by atoms with Crippen LogP contribution in [0.4, 0.5) is 4.79 Å². The van der Waals surface area contributed by atoms with Gasteiger partial charge in [0.25, 0.3) is 0 Å². The molecular weight excluding hydrogens is 558 g/mol. The second-order valence-electron chi connectivity index (χ2n) is 14.4. The third-order valence-electron chi connectivity index (χ3n) is 7.80. The first-order valence-corrected chi connectivity index (χ1v) is 16.3. The van der Waals surface area contributed by atoms with Crippen molar-refractivity contribution in [3.05, 3.63) is 83.7 Å². The standard InChI is InChI=1S/C38H59N5O2/c1-15-31(37(9,10)11)35(30(8)42-24-29(7)43(25-28(42)6)36(44)45-38(12,13)14)32(39-16-2)20-18-17-19-27(5)21-33(34-23-41-34)40-22-26(3)4/h15-16,21-23,28-29,41H,2-3,5,17-20,24-25H2,1,4,6-14H3/b31-15+,33-21-,35-30+,39-32?,40-22?/t28-,29+/m0/s1. The van der Waals surface area contributed by atoms with E-state index in [2.05, 4.69) is 95.6 Å². The Labute approximate surface area is 274 Å². The number of unbranched alkanes of at least 4 members (excludes halogenated alkanes) is 1. The van der Waals surface area contributed by atoms with Crippen molar-refractivity contribution in [3.63, 3.8) is 0 Å². The number of carbonyl (C=O) groups is 1. The Morgan fingerprint density at radius 1 is 1.04 bits per heavy atom. The number of allylic oxidation sites excluding steroid dienone is 7. The molecule has 0 aromatic rings. The molecule has 0 unspecified atom stereocenters. The highest BCUT2D eigenvalue weighted by Crippen LogP contribution is 2.37. The minimum atomic E-state index is -0.529. The van der Waals surface area contributed by atoms with Gasteiger partial charge in [-0.2, -0.15) is 0 Å². The van der Waals surface area contributed by atoms with Crippen molar-refractivity contribution in [1.29, 1.82) is 0 Å². The van der Waals surface area contributed by atoms with Crippen molar-refractivity contribution in [2.24, 2.45) is 15.4 Å². The second-order valence-corrected chi connectivity index (χ2v) is 14.4. The fourth-order valence-electron chi connectivity index (χ4n) is 5.65.